The quantitative estimate of drug-likeness (QED) is 0.0478. The molecular weight excluding hydrogens is 892 g/mol. The number of carbonyl (C=O) groups is 5. The molecule has 2 aliphatic heterocycles. The van der Waals surface area contributed by atoms with E-state index in [4.69, 9.17) is 33.5 Å². The molecule has 0 aliphatic carbocycles. The maximum absolute atomic E-state index is 13.5. The first-order valence-corrected chi connectivity index (χ1v) is 20.2. The molecule has 3 unspecified atom stereocenters. The molecule has 30 nitrogen and oxygen atoms in total. The van der Waals surface area contributed by atoms with E-state index in [-0.39, 0.29) is 20.2 Å². The molecule has 3 atom stereocenters. The topological polar surface area (TPSA) is 335 Å². The SMILES string of the molecule is COCN1C(=O)N(COC)C2C1N(COC)C(=O)N2COCCn1c(=O)n(CCO)c(=O)n(CCOC(=O)CCn2c(=O)n(CCC(=O)OC)c(=O)n(CCC(=O)OC(C)CO)c2=O)c1=O. The third kappa shape index (κ3) is 11.7. The monoisotopic (exact) mass is 946 g/mol. The predicted molar refractivity (Wildman–Crippen MR) is 217 cm³/mol. The molecule has 4 heterocycles. The second-order valence-corrected chi connectivity index (χ2v) is 14.4. The van der Waals surface area contributed by atoms with Crippen molar-refractivity contribution in [2.45, 2.75) is 83.9 Å². The molecule has 2 aromatic heterocycles. The highest BCUT2D eigenvalue weighted by molar-refractivity contribution is 5.85. The van der Waals surface area contributed by atoms with Crippen molar-refractivity contribution in [1.82, 2.24) is 47.0 Å². The minimum atomic E-state index is -1.21. The average molecular weight is 947 g/mol. The van der Waals surface area contributed by atoms with Gasteiger partial charge in [0, 0.05) is 41.0 Å². The fraction of sp³-hybridized carbons (Fsp3) is 0.694. The molecule has 0 aromatic carbocycles. The number of urea groups is 2. The van der Waals surface area contributed by atoms with Gasteiger partial charge in [-0.25, -0.2) is 65.8 Å². The van der Waals surface area contributed by atoms with Gasteiger partial charge >= 0.3 is 64.1 Å². The van der Waals surface area contributed by atoms with Gasteiger partial charge in [0.25, 0.3) is 0 Å². The van der Waals surface area contributed by atoms with Gasteiger partial charge in [0.05, 0.1) is 65.8 Å². The van der Waals surface area contributed by atoms with Crippen LogP contribution < -0.4 is 34.1 Å². The maximum atomic E-state index is 13.5. The Balaban J connectivity index is 1.47. The summed E-state index contributed by atoms with van der Waals surface area (Å²) in [6, 6.07) is -1.09. The maximum Gasteiger partial charge on any atom is 0.336 e. The Kier molecular flexibility index (Phi) is 19.1. The second kappa shape index (κ2) is 24.2. The predicted octanol–water partition coefficient (Wildman–Crippen LogP) is -5.93. The summed E-state index contributed by atoms with van der Waals surface area (Å²) in [6.07, 6.45) is -4.34. The molecule has 66 heavy (non-hydrogen) atoms. The van der Waals surface area contributed by atoms with Crippen molar-refractivity contribution in [2.75, 3.05) is 81.8 Å². The van der Waals surface area contributed by atoms with Crippen molar-refractivity contribution in [3.63, 3.8) is 0 Å². The third-order valence-corrected chi connectivity index (χ3v) is 10.1. The zero-order chi connectivity index (χ0) is 48.8. The Morgan fingerprint density at radius 1 is 0.500 bits per heavy atom. The Bertz CT molecular complexity index is 2430. The van der Waals surface area contributed by atoms with E-state index in [2.05, 4.69) is 4.74 Å². The molecule has 2 fully saturated rings. The molecule has 368 valence electrons. The van der Waals surface area contributed by atoms with Crippen molar-refractivity contribution in [3.05, 3.63) is 62.9 Å². The Labute approximate surface area is 372 Å². The van der Waals surface area contributed by atoms with Crippen LogP contribution in [-0.2, 0) is 86.8 Å². The number of fused-ring (bicyclic) bond motifs is 1. The summed E-state index contributed by atoms with van der Waals surface area (Å²) < 4.78 is 39.3. The summed E-state index contributed by atoms with van der Waals surface area (Å²) in [4.78, 5) is 149. The number of methoxy groups -OCH3 is 4. The molecule has 0 bridgehead atoms. The molecule has 4 amide bonds. The largest absolute Gasteiger partial charge is 0.469 e. The van der Waals surface area contributed by atoms with Gasteiger partial charge in [0.2, 0.25) is 0 Å². The minimum Gasteiger partial charge on any atom is -0.469 e. The lowest BCUT2D eigenvalue weighted by Crippen LogP contribution is -2.55. The van der Waals surface area contributed by atoms with Gasteiger partial charge in [-0.1, -0.05) is 0 Å². The van der Waals surface area contributed by atoms with E-state index in [9.17, 15) is 57.8 Å². The summed E-state index contributed by atoms with van der Waals surface area (Å²) in [5.41, 5.74) is -6.99. The van der Waals surface area contributed by atoms with E-state index in [1.807, 2.05) is 0 Å². The van der Waals surface area contributed by atoms with Crippen LogP contribution >= 0.6 is 0 Å². The van der Waals surface area contributed by atoms with Crippen molar-refractivity contribution >= 4 is 30.0 Å². The van der Waals surface area contributed by atoms with Gasteiger partial charge in [0.1, 0.15) is 39.6 Å². The summed E-state index contributed by atoms with van der Waals surface area (Å²) in [7, 11) is 5.17. The number of hydrogen-bond acceptors (Lipinski definition) is 20. The number of aliphatic hydroxyl groups excluding tert-OH is 2. The zero-order valence-electron chi connectivity index (χ0n) is 37.0. The average Bonchev–Trinajstić information content (AvgIpc) is 3.70. The van der Waals surface area contributed by atoms with Crippen molar-refractivity contribution < 1.29 is 67.3 Å². The van der Waals surface area contributed by atoms with E-state index in [1.165, 1.54) is 47.9 Å². The van der Waals surface area contributed by atoms with Crippen LogP contribution in [0.3, 0.4) is 0 Å². The Morgan fingerprint density at radius 2 is 0.864 bits per heavy atom. The molecule has 0 saturated carbocycles. The summed E-state index contributed by atoms with van der Waals surface area (Å²) in [6.45, 7) is -5.25. The smallest absolute Gasteiger partial charge is 0.336 e. The first-order valence-electron chi connectivity index (χ1n) is 20.2. The summed E-state index contributed by atoms with van der Waals surface area (Å²) in [5, 5.41) is 18.7. The van der Waals surface area contributed by atoms with Crippen molar-refractivity contribution in [3.8, 4) is 0 Å². The van der Waals surface area contributed by atoms with E-state index in [0.29, 0.717) is 27.4 Å². The van der Waals surface area contributed by atoms with Gasteiger partial charge in [-0.3, -0.25) is 34.0 Å². The van der Waals surface area contributed by atoms with Crippen LogP contribution in [0.4, 0.5) is 9.59 Å². The van der Waals surface area contributed by atoms with Crippen LogP contribution in [0.25, 0.3) is 0 Å². The van der Waals surface area contributed by atoms with E-state index in [1.54, 1.807) is 0 Å². The normalized spacial score (nSPS) is 16.3. The van der Waals surface area contributed by atoms with Gasteiger partial charge < -0.3 is 43.4 Å². The van der Waals surface area contributed by atoms with Gasteiger partial charge in [-0.05, 0) is 6.92 Å². The highest BCUT2D eigenvalue weighted by atomic mass is 16.6. The van der Waals surface area contributed by atoms with Crippen LogP contribution in [-0.4, -0.2) is 187 Å². The second-order valence-electron chi connectivity index (χ2n) is 14.4. The lowest BCUT2D eigenvalue weighted by Gasteiger charge is -2.28. The van der Waals surface area contributed by atoms with Crippen LogP contribution in [0.1, 0.15) is 26.2 Å². The number of amides is 4. The van der Waals surface area contributed by atoms with Gasteiger partial charge in [0.15, 0.2) is 12.3 Å². The lowest BCUT2D eigenvalue weighted by molar-refractivity contribution is -0.150. The molecule has 2 aromatic rings. The van der Waals surface area contributed by atoms with Gasteiger partial charge in [-0.2, -0.15) is 0 Å². The molecule has 30 heteroatoms. The van der Waals surface area contributed by atoms with Crippen molar-refractivity contribution in [2.24, 2.45) is 0 Å². The summed E-state index contributed by atoms with van der Waals surface area (Å²) >= 11 is 0. The highest BCUT2D eigenvalue weighted by Crippen LogP contribution is 2.34. The number of aliphatic hydroxyl groups is 2. The summed E-state index contributed by atoms with van der Waals surface area (Å²) in [5.74, 6) is -2.72. The lowest BCUT2D eigenvalue weighted by atomic mass is 10.3. The first kappa shape index (κ1) is 52.2. The zero-order valence-corrected chi connectivity index (χ0v) is 37.0. The van der Waals surface area contributed by atoms with E-state index >= 15 is 0 Å². The number of carbonyl (C=O) groups excluding carboxylic acids is 5. The molecule has 2 N–H and O–H groups in total. The van der Waals surface area contributed by atoms with Crippen LogP contribution in [0.15, 0.2) is 28.8 Å². The molecule has 0 spiro atoms. The Morgan fingerprint density at radius 3 is 1.26 bits per heavy atom. The van der Waals surface area contributed by atoms with E-state index < -0.39 is 174 Å². The van der Waals surface area contributed by atoms with E-state index in [0.717, 1.165) is 7.11 Å². The minimum absolute atomic E-state index is 0.169. The molecular formula is C36H54N10O20. The van der Waals surface area contributed by atoms with Crippen LogP contribution in [0.2, 0.25) is 0 Å². The number of esters is 3. The first-order chi connectivity index (χ1) is 31.5. The van der Waals surface area contributed by atoms with Crippen LogP contribution in [0.5, 0.6) is 0 Å². The number of aromatic nitrogens is 6. The fourth-order valence-corrected chi connectivity index (χ4v) is 6.99. The molecule has 2 saturated heterocycles. The standard InChI is InChI=1S/C36H54N10O20/c1-23(18-48)66-26(51)8-11-39-30(53)37(9-6-24(49)63-5)29(52)38(31(39)54)10-7-25(50)65-17-14-42-33(56)40(12-15-47)32(55)41(34(42)57)13-16-64-22-46-28-27(44(20-61-3)36(46)59)43(19-60-2)35(58)45(28)21-62-4/h23,27-28,47-48H,6-22H2,1-5H3. The number of nitrogens with zero attached hydrogens (tertiary/aromatic N) is 10. The molecule has 0 radical (unpaired) electrons. The Hall–Kier alpha value is -6.47. The number of rotatable bonds is 27. The third-order valence-electron chi connectivity index (χ3n) is 10.1. The highest BCUT2D eigenvalue weighted by Gasteiger charge is 2.59. The number of ether oxygens (including phenoxy) is 7. The fourth-order valence-electron chi connectivity index (χ4n) is 6.99. The molecule has 4 rings (SSSR count). The van der Waals surface area contributed by atoms with Gasteiger partial charge in [-0.15, -0.1) is 0 Å². The molecule has 2 aliphatic rings. The van der Waals surface area contributed by atoms with Crippen LogP contribution in [0, 0.1) is 0 Å². The number of hydrogen-bond donors (Lipinski definition) is 2. The van der Waals surface area contributed by atoms with Crippen molar-refractivity contribution in [1.29, 1.82) is 0 Å².